The van der Waals surface area contributed by atoms with Gasteiger partial charge in [0.05, 0.1) is 11.9 Å². The zero-order valence-corrected chi connectivity index (χ0v) is 11.9. The van der Waals surface area contributed by atoms with E-state index in [1.807, 2.05) is 25.1 Å². The molecule has 0 amide bonds. The van der Waals surface area contributed by atoms with Crippen LogP contribution in [-0.2, 0) is 6.42 Å². The minimum atomic E-state index is 0.743. The summed E-state index contributed by atoms with van der Waals surface area (Å²) in [6.07, 6.45) is 2.85. The van der Waals surface area contributed by atoms with Crippen molar-refractivity contribution in [1.29, 1.82) is 0 Å². The molecule has 0 unspecified atom stereocenters. The number of nitrogens with zero attached hydrogens (tertiary/aromatic N) is 1. The molecular formula is C16H17ClN2. The standard InChI is InChI=1S/C16H17ClN2/c1-3-13-5-7-14(8-6-13)11-18-19-15-9-4-12(2)16(17)10-15/h4-11,19H,3H2,1-2H3/b18-11-. The maximum Gasteiger partial charge on any atom is 0.0576 e. The van der Waals surface area contributed by atoms with Crippen molar-refractivity contribution >= 4 is 23.5 Å². The summed E-state index contributed by atoms with van der Waals surface area (Å²) in [7, 11) is 0. The van der Waals surface area contributed by atoms with Crippen LogP contribution in [0, 0.1) is 6.92 Å². The number of aryl methyl sites for hydroxylation is 2. The highest BCUT2D eigenvalue weighted by Gasteiger charge is 1.96. The molecule has 2 aromatic rings. The number of rotatable bonds is 4. The van der Waals surface area contributed by atoms with Gasteiger partial charge < -0.3 is 0 Å². The fourth-order valence-electron chi connectivity index (χ4n) is 1.68. The van der Waals surface area contributed by atoms with E-state index in [2.05, 4.69) is 41.7 Å². The molecule has 0 heterocycles. The van der Waals surface area contributed by atoms with Crippen LogP contribution in [0.5, 0.6) is 0 Å². The number of hydrogen-bond acceptors (Lipinski definition) is 2. The summed E-state index contributed by atoms with van der Waals surface area (Å²) in [5.41, 5.74) is 7.32. The monoisotopic (exact) mass is 272 g/mol. The first-order valence-electron chi connectivity index (χ1n) is 6.33. The first-order chi connectivity index (χ1) is 9.19. The summed E-state index contributed by atoms with van der Waals surface area (Å²) in [4.78, 5) is 0. The van der Waals surface area contributed by atoms with Crippen molar-refractivity contribution in [1.82, 2.24) is 0 Å². The van der Waals surface area contributed by atoms with Crippen LogP contribution in [0.25, 0.3) is 0 Å². The molecule has 0 spiro atoms. The average Bonchev–Trinajstić information content (AvgIpc) is 2.43. The van der Waals surface area contributed by atoms with E-state index in [9.17, 15) is 0 Å². The van der Waals surface area contributed by atoms with Gasteiger partial charge in [-0.05, 0) is 42.2 Å². The van der Waals surface area contributed by atoms with Crippen molar-refractivity contribution in [3.63, 3.8) is 0 Å². The highest BCUT2D eigenvalue weighted by Crippen LogP contribution is 2.19. The minimum Gasteiger partial charge on any atom is -0.278 e. The lowest BCUT2D eigenvalue weighted by Gasteiger charge is -2.03. The van der Waals surface area contributed by atoms with Gasteiger partial charge in [0.2, 0.25) is 0 Å². The Morgan fingerprint density at radius 1 is 1.16 bits per heavy atom. The summed E-state index contributed by atoms with van der Waals surface area (Å²) in [6.45, 7) is 4.12. The van der Waals surface area contributed by atoms with Gasteiger partial charge >= 0.3 is 0 Å². The van der Waals surface area contributed by atoms with E-state index in [-0.39, 0.29) is 0 Å². The average molecular weight is 273 g/mol. The van der Waals surface area contributed by atoms with E-state index >= 15 is 0 Å². The molecule has 0 aliphatic rings. The lowest BCUT2D eigenvalue weighted by molar-refractivity contribution is 1.14. The van der Waals surface area contributed by atoms with Gasteiger partial charge in [-0.25, -0.2) is 0 Å². The lowest BCUT2D eigenvalue weighted by Crippen LogP contribution is -1.91. The topological polar surface area (TPSA) is 24.4 Å². The van der Waals surface area contributed by atoms with E-state index < -0.39 is 0 Å². The zero-order chi connectivity index (χ0) is 13.7. The predicted molar refractivity (Wildman–Crippen MR) is 83.2 cm³/mol. The maximum atomic E-state index is 6.05. The van der Waals surface area contributed by atoms with Gasteiger partial charge in [-0.1, -0.05) is 48.9 Å². The number of halogens is 1. The van der Waals surface area contributed by atoms with Gasteiger partial charge in [-0.2, -0.15) is 5.10 Å². The van der Waals surface area contributed by atoms with E-state index in [0.29, 0.717) is 0 Å². The molecule has 0 bridgehead atoms. The van der Waals surface area contributed by atoms with Gasteiger partial charge in [0, 0.05) is 5.02 Å². The second kappa shape index (κ2) is 6.39. The third kappa shape index (κ3) is 3.83. The van der Waals surface area contributed by atoms with E-state index in [0.717, 1.165) is 28.3 Å². The van der Waals surface area contributed by atoms with Crippen LogP contribution in [0.4, 0.5) is 5.69 Å². The Labute approximate surface area is 119 Å². The number of anilines is 1. The molecule has 0 aliphatic carbocycles. The van der Waals surface area contributed by atoms with Crippen molar-refractivity contribution in [2.24, 2.45) is 5.10 Å². The molecule has 0 fully saturated rings. The Balaban J connectivity index is 2.00. The van der Waals surface area contributed by atoms with Crippen LogP contribution in [0.2, 0.25) is 5.02 Å². The molecule has 0 aromatic heterocycles. The highest BCUT2D eigenvalue weighted by atomic mass is 35.5. The molecule has 3 heteroatoms. The van der Waals surface area contributed by atoms with Crippen LogP contribution in [0.3, 0.4) is 0 Å². The van der Waals surface area contributed by atoms with Crippen molar-refractivity contribution in [2.75, 3.05) is 5.43 Å². The first-order valence-corrected chi connectivity index (χ1v) is 6.71. The molecule has 0 radical (unpaired) electrons. The van der Waals surface area contributed by atoms with Gasteiger partial charge in [0.1, 0.15) is 0 Å². The second-order valence-electron chi connectivity index (χ2n) is 4.43. The normalized spacial score (nSPS) is 10.9. The number of benzene rings is 2. The zero-order valence-electron chi connectivity index (χ0n) is 11.2. The largest absolute Gasteiger partial charge is 0.278 e. The number of hydrogen-bond donors (Lipinski definition) is 1. The molecular weight excluding hydrogens is 256 g/mol. The van der Waals surface area contributed by atoms with Crippen LogP contribution in [-0.4, -0.2) is 6.21 Å². The Hall–Kier alpha value is -1.80. The molecule has 0 saturated heterocycles. The van der Waals surface area contributed by atoms with E-state index in [4.69, 9.17) is 11.6 Å². The number of hydrazone groups is 1. The fraction of sp³-hybridized carbons (Fsp3) is 0.188. The van der Waals surface area contributed by atoms with E-state index in [1.54, 1.807) is 6.21 Å². The van der Waals surface area contributed by atoms with Crippen molar-refractivity contribution in [3.8, 4) is 0 Å². The molecule has 19 heavy (non-hydrogen) atoms. The van der Waals surface area contributed by atoms with Crippen molar-refractivity contribution < 1.29 is 0 Å². The van der Waals surface area contributed by atoms with Gasteiger partial charge in [0.15, 0.2) is 0 Å². The van der Waals surface area contributed by atoms with Crippen LogP contribution >= 0.6 is 11.6 Å². The predicted octanol–water partition coefficient (Wildman–Crippen LogP) is 4.66. The first kappa shape index (κ1) is 13.6. The summed E-state index contributed by atoms with van der Waals surface area (Å²) in [5.74, 6) is 0. The summed E-state index contributed by atoms with van der Waals surface area (Å²) < 4.78 is 0. The second-order valence-corrected chi connectivity index (χ2v) is 4.84. The van der Waals surface area contributed by atoms with Gasteiger partial charge in [-0.3, -0.25) is 5.43 Å². The summed E-state index contributed by atoms with van der Waals surface area (Å²) in [6, 6.07) is 14.1. The highest BCUT2D eigenvalue weighted by molar-refractivity contribution is 6.31. The molecule has 2 rings (SSSR count). The van der Waals surface area contributed by atoms with Crippen LogP contribution < -0.4 is 5.43 Å². The third-order valence-electron chi connectivity index (χ3n) is 2.97. The Morgan fingerprint density at radius 2 is 1.89 bits per heavy atom. The third-order valence-corrected chi connectivity index (χ3v) is 3.37. The Kier molecular flexibility index (Phi) is 4.58. The minimum absolute atomic E-state index is 0.743. The molecule has 2 aromatic carbocycles. The molecule has 0 aliphatic heterocycles. The summed E-state index contributed by atoms with van der Waals surface area (Å²) in [5, 5.41) is 4.95. The SMILES string of the molecule is CCc1ccc(/C=N\Nc2ccc(C)c(Cl)c2)cc1. The molecule has 0 saturated carbocycles. The van der Waals surface area contributed by atoms with Crippen LogP contribution in [0.15, 0.2) is 47.6 Å². The number of nitrogens with one attached hydrogen (secondary N) is 1. The van der Waals surface area contributed by atoms with Crippen LogP contribution in [0.1, 0.15) is 23.6 Å². The van der Waals surface area contributed by atoms with Crippen molar-refractivity contribution in [3.05, 3.63) is 64.2 Å². The summed E-state index contributed by atoms with van der Waals surface area (Å²) >= 11 is 6.05. The smallest absolute Gasteiger partial charge is 0.0576 e. The molecule has 0 atom stereocenters. The Morgan fingerprint density at radius 3 is 2.53 bits per heavy atom. The lowest BCUT2D eigenvalue weighted by atomic mass is 10.1. The van der Waals surface area contributed by atoms with Crippen molar-refractivity contribution in [2.45, 2.75) is 20.3 Å². The van der Waals surface area contributed by atoms with Gasteiger partial charge in [-0.15, -0.1) is 0 Å². The quantitative estimate of drug-likeness (QED) is 0.635. The van der Waals surface area contributed by atoms with E-state index in [1.165, 1.54) is 5.56 Å². The van der Waals surface area contributed by atoms with Gasteiger partial charge in [0.25, 0.3) is 0 Å². The Bertz CT molecular complexity index is 574. The molecule has 2 nitrogen and oxygen atoms in total. The maximum absolute atomic E-state index is 6.05. The fourth-order valence-corrected chi connectivity index (χ4v) is 1.86. The molecule has 1 N–H and O–H groups in total. The molecule has 98 valence electrons.